The predicted molar refractivity (Wildman–Crippen MR) is 39.3 cm³/mol. The van der Waals surface area contributed by atoms with Crippen molar-refractivity contribution in [1.29, 1.82) is 0 Å². The molecule has 0 aliphatic carbocycles. The summed E-state index contributed by atoms with van der Waals surface area (Å²) in [4.78, 5) is 4.06. The minimum atomic E-state index is 0.977. The topological polar surface area (TPSA) is 17.8 Å². The van der Waals surface area contributed by atoms with Gasteiger partial charge in [-0.1, -0.05) is 18.3 Å². The summed E-state index contributed by atoms with van der Waals surface area (Å²) in [5.41, 5.74) is 0. The first-order chi connectivity index (χ1) is 4.34. The Morgan fingerprint density at radius 1 is 1.89 bits per heavy atom. The molecule has 0 spiro atoms. The van der Waals surface area contributed by atoms with E-state index in [4.69, 9.17) is 0 Å². The van der Waals surface area contributed by atoms with Crippen LogP contribution in [0.2, 0.25) is 0 Å². The summed E-state index contributed by atoms with van der Waals surface area (Å²) in [5.74, 6) is 0. The summed E-state index contributed by atoms with van der Waals surface area (Å²) in [5, 5.41) is 2.74. The summed E-state index contributed by atoms with van der Waals surface area (Å²) >= 11 is 1.52. The summed E-state index contributed by atoms with van der Waals surface area (Å²) in [6.45, 7) is 3.59. The Labute approximate surface area is 58.6 Å². The van der Waals surface area contributed by atoms with Crippen molar-refractivity contribution in [2.45, 2.75) is 5.16 Å². The van der Waals surface area contributed by atoms with E-state index < -0.39 is 0 Å². The highest BCUT2D eigenvalue weighted by atomic mass is 32.2. The molecule has 0 aromatic carbocycles. The molecule has 0 atom stereocenters. The van der Waals surface area contributed by atoms with Crippen molar-refractivity contribution in [3.05, 3.63) is 24.4 Å². The average Bonchev–Trinajstić information content (AvgIpc) is 2.18. The Kier molecular flexibility index (Phi) is 1.95. The molecule has 0 N–H and O–H groups in total. The molecule has 48 valence electrons. The highest BCUT2D eigenvalue weighted by Gasteiger charge is 1.93. The van der Waals surface area contributed by atoms with Crippen LogP contribution in [-0.4, -0.2) is 9.55 Å². The van der Waals surface area contributed by atoms with Crippen molar-refractivity contribution in [3.63, 3.8) is 0 Å². The number of nitrogens with zero attached hydrogens (tertiary/aromatic N) is 2. The number of hydrogen-bond acceptors (Lipinski definition) is 2. The zero-order valence-electron chi connectivity index (χ0n) is 5.24. The molecule has 1 aromatic heterocycles. The van der Waals surface area contributed by atoms with Crippen molar-refractivity contribution >= 4 is 11.8 Å². The second-order valence-electron chi connectivity index (χ2n) is 1.61. The molecule has 9 heavy (non-hydrogen) atoms. The number of aromatic nitrogens is 2. The molecule has 1 aromatic rings. The minimum Gasteiger partial charge on any atom is -0.329 e. The molecular formula is C6H8N2S. The van der Waals surface area contributed by atoms with Crippen molar-refractivity contribution in [2.24, 2.45) is 7.05 Å². The maximum absolute atomic E-state index is 4.06. The normalized spacial score (nSPS) is 9.44. The first-order valence-corrected chi connectivity index (χ1v) is 3.47. The fourth-order valence-electron chi connectivity index (χ4n) is 0.540. The van der Waals surface area contributed by atoms with Gasteiger partial charge in [0, 0.05) is 19.4 Å². The molecule has 1 rings (SSSR count). The Balaban J connectivity index is 2.80. The average molecular weight is 140 g/mol. The second kappa shape index (κ2) is 2.73. The van der Waals surface area contributed by atoms with E-state index in [0.29, 0.717) is 0 Å². The molecule has 0 aliphatic heterocycles. The standard InChI is InChI=1S/C6H8N2S/c1-3-9-6-7-4-5-8(6)2/h3-5H,1H2,2H3. The Hall–Kier alpha value is -0.700. The summed E-state index contributed by atoms with van der Waals surface area (Å²) in [6, 6.07) is 0. The van der Waals surface area contributed by atoms with E-state index in [1.54, 1.807) is 11.6 Å². The predicted octanol–water partition coefficient (Wildman–Crippen LogP) is 1.66. The fraction of sp³-hybridized carbons (Fsp3) is 0.167. The largest absolute Gasteiger partial charge is 0.329 e. The van der Waals surface area contributed by atoms with Gasteiger partial charge in [0.1, 0.15) is 0 Å². The van der Waals surface area contributed by atoms with Crippen molar-refractivity contribution in [1.82, 2.24) is 9.55 Å². The van der Waals surface area contributed by atoms with Gasteiger partial charge in [0.25, 0.3) is 0 Å². The summed E-state index contributed by atoms with van der Waals surface area (Å²) in [6.07, 6.45) is 3.68. The molecule has 0 unspecified atom stereocenters. The Morgan fingerprint density at radius 3 is 3.11 bits per heavy atom. The number of thioether (sulfide) groups is 1. The minimum absolute atomic E-state index is 0.977. The molecule has 0 amide bonds. The number of rotatable bonds is 2. The molecule has 0 aliphatic rings. The van der Waals surface area contributed by atoms with Crippen LogP contribution < -0.4 is 0 Å². The van der Waals surface area contributed by atoms with Gasteiger partial charge >= 0.3 is 0 Å². The van der Waals surface area contributed by atoms with Gasteiger partial charge in [-0.25, -0.2) is 4.98 Å². The van der Waals surface area contributed by atoms with E-state index in [-0.39, 0.29) is 0 Å². The number of aryl methyl sites for hydroxylation is 1. The molecule has 0 bridgehead atoms. The van der Waals surface area contributed by atoms with Crippen molar-refractivity contribution in [2.75, 3.05) is 0 Å². The number of hydrogen-bond donors (Lipinski definition) is 0. The third-order valence-electron chi connectivity index (χ3n) is 0.966. The lowest BCUT2D eigenvalue weighted by molar-refractivity contribution is 0.792. The van der Waals surface area contributed by atoms with Gasteiger partial charge in [-0.3, -0.25) is 0 Å². The van der Waals surface area contributed by atoms with E-state index in [9.17, 15) is 0 Å². The van der Waals surface area contributed by atoms with Gasteiger partial charge in [-0.05, 0) is 5.41 Å². The lowest BCUT2D eigenvalue weighted by Gasteiger charge is -1.92. The van der Waals surface area contributed by atoms with Crippen LogP contribution in [0.1, 0.15) is 0 Å². The van der Waals surface area contributed by atoms with Crippen LogP contribution in [0.5, 0.6) is 0 Å². The highest BCUT2D eigenvalue weighted by Crippen LogP contribution is 2.13. The Bertz CT molecular complexity index is 205. The molecule has 3 heteroatoms. The van der Waals surface area contributed by atoms with Crippen LogP contribution in [0.25, 0.3) is 0 Å². The third kappa shape index (κ3) is 1.36. The van der Waals surface area contributed by atoms with E-state index >= 15 is 0 Å². The van der Waals surface area contributed by atoms with Gasteiger partial charge in [0.05, 0.1) is 0 Å². The zero-order chi connectivity index (χ0) is 6.69. The molecule has 2 nitrogen and oxygen atoms in total. The second-order valence-corrected chi connectivity index (χ2v) is 2.54. The van der Waals surface area contributed by atoms with E-state index in [1.807, 2.05) is 17.8 Å². The van der Waals surface area contributed by atoms with Crippen LogP contribution in [0.3, 0.4) is 0 Å². The molecular weight excluding hydrogens is 132 g/mol. The summed E-state index contributed by atoms with van der Waals surface area (Å²) in [7, 11) is 1.96. The van der Waals surface area contributed by atoms with E-state index in [2.05, 4.69) is 11.6 Å². The van der Waals surface area contributed by atoms with Gasteiger partial charge < -0.3 is 4.57 Å². The first-order valence-electron chi connectivity index (χ1n) is 2.59. The molecule has 0 fully saturated rings. The maximum atomic E-state index is 4.06. The van der Waals surface area contributed by atoms with Crippen LogP contribution in [0.15, 0.2) is 29.5 Å². The number of imidazole rings is 1. The fourth-order valence-corrected chi connectivity index (χ4v) is 1.04. The smallest absolute Gasteiger partial charge is 0.171 e. The SMILES string of the molecule is C=CSc1nccn1C. The van der Waals surface area contributed by atoms with E-state index in [0.717, 1.165) is 5.16 Å². The molecule has 1 heterocycles. The van der Waals surface area contributed by atoms with E-state index in [1.165, 1.54) is 11.8 Å². The van der Waals surface area contributed by atoms with Crippen molar-refractivity contribution in [3.8, 4) is 0 Å². The quantitative estimate of drug-likeness (QED) is 0.581. The lowest BCUT2D eigenvalue weighted by Crippen LogP contribution is -1.85. The van der Waals surface area contributed by atoms with Gasteiger partial charge in [-0.15, -0.1) is 0 Å². The monoisotopic (exact) mass is 140 g/mol. The van der Waals surface area contributed by atoms with Gasteiger partial charge in [-0.2, -0.15) is 0 Å². The first kappa shape index (κ1) is 6.42. The molecule has 0 radical (unpaired) electrons. The van der Waals surface area contributed by atoms with Crippen LogP contribution in [-0.2, 0) is 7.05 Å². The summed E-state index contributed by atoms with van der Waals surface area (Å²) < 4.78 is 1.95. The van der Waals surface area contributed by atoms with Crippen LogP contribution in [0, 0.1) is 0 Å². The molecule has 0 saturated heterocycles. The van der Waals surface area contributed by atoms with Crippen LogP contribution in [0.4, 0.5) is 0 Å². The van der Waals surface area contributed by atoms with Crippen molar-refractivity contribution < 1.29 is 0 Å². The van der Waals surface area contributed by atoms with Gasteiger partial charge in [0.15, 0.2) is 5.16 Å². The highest BCUT2D eigenvalue weighted by molar-refractivity contribution is 8.02. The molecule has 0 saturated carbocycles. The van der Waals surface area contributed by atoms with Gasteiger partial charge in [0.2, 0.25) is 0 Å². The lowest BCUT2D eigenvalue weighted by atomic mass is 10.9. The third-order valence-corrected chi connectivity index (χ3v) is 1.74. The Morgan fingerprint density at radius 2 is 2.67 bits per heavy atom. The zero-order valence-corrected chi connectivity index (χ0v) is 6.06. The maximum Gasteiger partial charge on any atom is 0.171 e. The van der Waals surface area contributed by atoms with Crippen LogP contribution >= 0.6 is 11.8 Å².